The fraction of sp³-hybridized carbons (Fsp3) is 0.250. The van der Waals surface area contributed by atoms with Gasteiger partial charge in [0, 0.05) is 12.5 Å². The van der Waals surface area contributed by atoms with Crippen molar-refractivity contribution in [1.82, 2.24) is 5.32 Å². The molecule has 0 fully saturated rings. The lowest BCUT2D eigenvalue weighted by Gasteiger charge is -2.19. The lowest BCUT2D eigenvalue weighted by Crippen LogP contribution is -2.20. The number of rotatable bonds is 5. The first-order valence-corrected chi connectivity index (χ1v) is 7.21. The van der Waals surface area contributed by atoms with Crippen LogP contribution in [-0.4, -0.2) is 13.6 Å². The predicted octanol–water partition coefficient (Wildman–Crippen LogP) is 4.68. The van der Waals surface area contributed by atoms with Gasteiger partial charge in [-0.25, -0.2) is 4.39 Å². The molecule has 20 heavy (non-hydrogen) atoms. The molecule has 0 spiro atoms. The van der Waals surface area contributed by atoms with Gasteiger partial charge in [0.15, 0.2) is 0 Å². The van der Waals surface area contributed by atoms with E-state index >= 15 is 0 Å². The quantitative estimate of drug-likeness (QED) is 0.845. The van der Waals surface area contributed by atoms with Crippen LogP contribution in [0, 0.1) is 5.82 Å². The fourth-order valence-corrected chi connectivity index (χ4v) is 2.71. The minimum Gasteiger partial charge on any atom is -0.319 e. The van der Waals surface area contributed by atoms with E-state index in [1.54, 1.807) is 12.1 Å². The molecule has 4 heteroatoms. The maximum Gasteiger partial charge on any atom is 0.126 e. The molecule has 106 valence electrons. The van der Waals surface area contributed by atoms with Crippen molar-refractivity contribution in [3.63, 3.8) is 0 Å². The van der Waals surface area contributed by atoms with Gasteiger partial charge in [0.25, 0.3) is 0 Å². The first kappa shape index (κ1) is 15.3. The van der Waals surface area contributed by atoms with Crippen molar-refractivity contribution in [2.24, 2.45) is 0 Å². The summed E-state index contributed by atoms with van der Waals surface area (Å²) in [4.78, 5) is 0. The third-order valence-corrected chi connectivity index (χ3v) is 4.15. The molecule has 2 aromatic carbocycles. The summed E-state index contributed by atoms with van der Waals surface area (Å²) in [7, 11) is 1.85. The summed E-state index contributed by atoms with van der Waals surface area (Å²) < 4.78 is 14.0. The second-order valence-electron chi connectivity index (χ2n) is 4.69. The number of halogens is 3. The third-order valence-electron chi connectivity index (χ3n) is 3.29. The first-order chi connectivity index (χ1) is 9.63. The van der Waals surface area contributed by atoms with E-state index in [-0.39, 0.29) is 11.7 Å². The molecule has 0 saturated heterocycles. The molecule has 0 bridgehead atoms. The Morgan fingerprint density at radius 3 is 2.55 bits per heavy atom. The Balaban J connectivity index is 2.31. The Bertz CT molecular complexity index is 586. The van der Waals surface area contributed by atoms with Crippen molar-refractivity contribution in [3.05, 3.63) is 69.5 Å². The molecule has 0 aliphatic carbocycles. The van der Waals surface area contributed by atoms with E-state index < -0.39 is 0 Å². The number of benzene rings is 2. The molecular formula is C16H16Cl2FN. The van der Waals surface area contributed by atoms with Crippen LogP contribution in [0.1, 0.15) is 17.0 Å². The van der Waals surface area contributed by atoms with Gasteiger partial charge in [-0.05, 0) is 36.7 Å². The highest BCUT2D eigenvalue weighted by atomic mass is 35.5. The largest absolute Gasteiger partial charge is 0.319 e. The molecule has 2 rings (SSSR count). The van der Waals surface area contributed by atoms with Gasteiger partial charge < -0.3 is 5.32 Å². The van der Waals surface area contributed by atoms with E-state index in [9.17, 15) is 4.39 Å². The molecule has 1 N–H and O–H groups in total. The summed E-state index contributed by atoms with van der Waals surface area (Å²) in [6, 6.07) is 12.4. The standard InChI is InChI=1S/C16H16Cl2FN/c1-20-10-12(13-6-2-3-8-15(13)19)9-11-5-4-7-14(17)16(11)18/h2-8,12,20H,9-10H2,1H3. The van der Waals surface area contributed by atoms with Crippen molar-refractivity contribution in [2.45, 2.75) is 12.3 Å². The highest BCUT2D eigenvalue weighted by Crippen LogP contribution is 2.30. The van der Waals surface area contributed by atoms with Gasteiger partial charge in [-0.15, -0.1) is 0 Å². The van der Waals surface area contributed by atoms with Crippen LogP contribution >= 0.6 is 23.2 Å². The summed E-state index contributed by atoms with van der Waals surface area (Å²) in [6.07, 6.45) is 0.640. The van der Waals surface area contributed by atoms with Crippen LogP contribution in [0.15, 0.2) is 42.5 Å². The molecule has 0 radical (unpaired) electrons. The Morgan fingerprint density at radius 1 is 1.10 bits per heavy atom. The minimum absolute atomic E-state index is 0.0113. The van der Waals surface area contributed by atoms with Gasteiger partial charge in [-0.1, -0.05) is 53.5 Å². The molecule has 0 saturated carbocycles. The van der Waals surface area contributed by atoms with Crippen molar-refractivity contribution >= 4 is 23.2 Å². The Labute approximate surface area is 128 Å². The predicted molar refractivity (Wildman–Crippen MR) is 83.2 cm³/mol. The van der Waals surface area contributed by atoms with E-state index in [1.807, 2.05) is 31.3 Å². The van der Waals surface area contributed by atoms with Crippen LogP contribution in [0.4, 0.5) is 4.39 Å². The Morgan fingerprint density at radius 2 is 1.85 bits per heavy atom. The molecule has 0 heterocycles. The molecule has 1 unspecified atom stereocenters. The smallest absolute Gasteiger partial charge is 0.126 e. The fourth-order valence-electron chi connectivity index (χ4n) is 2.32. The molecule has 0 amide bonds. The van der Waals surface area contributed by atoms with E-state index in [0.717, 1.165) is 5.56 Å². The van der Waals surface area contributed by atoms with Crippen LogP contribution in [-0.2, 0) is 6.42 Å². The van der Waals surface area contributed by atoms with E-state index in [2.05, 4.69) is 5.32 Å². The molecule has 0 aromatic heterocycles. The van der Waals surface area contributed by atoms with Crippen LogP contribution in [0.2, 0.25) is 10.0 Å². The van der Waals surface area contributed by atoms with Crippen molar-refractivity contribution in [2.75, 3.05) is 13.6 Å². The number of nitrogens with one attached hydrogen (secondary N) is 1. The molecular weight excluding hydrogens is 296 g/mol. The van der Waals surface area contributed by atoms with Gasteiger partial charge in [0.05, 0.1) is 10.0 Å². The summed E-state index contributed by atoms with van der Waals surface area (Å²) >= 11 is 12.2. The third kappa shape index (κ3) is 3.51. The number of hydrogen-bond acceptors (Lipinski definition) is 1. The Hall–Kier alpha value is -1.09. The molecule has 0 aliphatic rings. The molecule has 1 atom stereocenters. The second-order valence-corrected chi connectivity index (χ2v) is 5.48. The number of hydrogen-bond donors (Lipinski definition) is 1. The van der Waals surface area contributed by atoms with Crippen LogP contribution in [0.5, 0.6) is 0 Å². The maximum atomic E-state index is 14.0. The Kier molecular flexibility index (Phi) is 5.41. The van der Waals surface area contributed by atoms with Gasteiger partial charge in [-0.2, -0.15) is 0 Å². The number of likely N-dealkylation sites (N-methyl/N-ethyl adjacent to an activating group) is 1. The first-order valence-electron chi connectivity index (χ1n) is 6.45. The normalized spacial score (nSPS) is 12.4. The second kappa shape index (κ2) is 7.07. The molecule has 1 nitrogen and oxygen atoms in total. The van der Waals surface area contributed by atoms with Crippen molar-refractivity contribution < 1.29 is 4.39 Å². The highest BCUT2D eigenvalue weighted by molar-refractivity contribution is 6.42. The van der Waals surface area contributed by atoms with Crippen molar-refractivity contribution in [1.29, 1.82) is 0 Å². The van der Waals surface area contributed by atoms with Crippen molar-refractivity contribution in [3.8, 4) is 0 Å². The average molecular weight is 312 g/mol. The van der Waals surface area contributed by atoms with Gasteiger partial charge >= 0.3 is 0 Å². The molecule has 0 aliphatic heterocycles. The zero-order chi connectivity index (χ0) is 14.5. The summed E-state index contributed by atoms with van der Waals surface area (Å²) in [5, 5.41) is 4.18. The summed E-state index contributed by atoms with van der Waals surface area (Å²) in [6.45, 7) is 0.670. The minimum atomic E-state index is -0.189. The zero-order valence-electron chi connectivity index (χ0n) is 11.2. The zero-order valence-corrected chi connectivity index (χ0v) is 12.7. The topological polar surface area (TPSA) is 12.0 Å². The van der Waals surface area contributed by atoms with Gasteiger partial charge in [-0.3, -0.25) is 0 Å². The van der Waals surface area contributed by atoms with Gasteiger partial charge in [0.2, 0.25) is 0 Å². The van der Waals surface area contributed by atoms with Gasteiger partial charge in [0.1, 0.15) is 5.82 Å². The van der Waals surface area contributed by atoms with Crippen LogP contribution in [0.25, 0.3) is 0 Å². The summed E-state index contributed by atoms with van der Waals surface area (Å²) in [5.74, 6) is -0.178. The van der Waals surface area contributed by atoms with E-state index in [4.69, 9.17) is 23.2 Å². The highest BCUT2D eigenvalue weighted by Gasteiger charge is 2.17. The monoisotopic (exact) mass is 311 g/mol. The van der Waals surface area contributed by atoms with Crippen LogP contribution in [0.3, 0.4) is 0 Å². The SMILES string of the molecule is CNCC(Cc1cccc(Cl)c1Cl)c1ccccc1F. The summed E-state index contributed by atoms with van der Waals surface area (Å²) in [5.41, 5.74) is 1.63. The lowest BCUT2D eigenvalue weighted by molar-refractivity contribution is 0.556. The lowest BCUT2D eigenvalue weighted by atomic mass is 9.91. The van der Waals surface area contributed by atoms with Crippen LogP contribution < -0.4 is 5.32 Å². The molecule has 2 aromatic rings. The van der Waals surface area contributed by atoms with E-state index in [0.29, 0.717) is 28.6 Å². The average Bonchev–Trinajstić information content (AvgIpc) is 2.44. The van der Waals surface area contributed by atoms with E-state index in [1.165, 1.54) is 6.07 Å². The maximum absolute atomic E-state index is 14.0.